The summed E-state index contributed by atoms with van der Waals surface area (Å²) in [5.74, 6) is 0.929. The number of likely N-dealkylation sites (tertiary alicyclic amines) is 1. The molecular weight excluding hydrogens is 266 g/mol. The lowest BCUT2D eigenvalue weighted by Gasteiger charge is -2.17. The predicted molar refractivity (Wildman–Crippen MR) is 80.3 cm³/mol. The maximum atomic E-state index is 12.6. The van der Waals surface area contributed by atoms with Gasteiger partial charge in [0.15, 0.2) is 0 Å². The highest BCUT2D eigenvalue weighted by molar-refractivity contribution is 5.97. The standard InChI is InChI=1S/C16H17N3O2/c20-15-13(5-10-3-1-2-4-14(10)18-15)16(21)19-8-11-6-17-7-12(11)9-19/h1-5,11-12,17H,6-9H2,(H,18,20)/t11-,12+. The fourth-order valence-corrected chi connectivity index (χ4v) is 3.50. The van der Waals surface area contributed by atoms with Crippen LogP contribution in [0.1, 0.15) is 10.4 Å². The van der Waals surface area contributed by atoms with Gasteiger partial charge in [-0.05, 0) is 29.4 Å². The van der Waals surface area contributed by atoms with E-state index in [0.29, 0.717) is 11.8 Å². The fourth-order valence-electron chi connectivity index (χ4n) is 3.50. The zero-order valence-corrected chi connectivity index (χ0v) is 11.6. The fraction of sp³-hybridized carbons (Fsp3) is 0.375. The minimum absolute atomic E-state index is 0.142. The lowest BCUT2D eigenvalue weighted by Crippen LogP contribution is -2.35. The molecule has 0 bridgehead atoms. The lowest BCUT2D eigenvalue weighted by molar-refractivity contribution is 0.0780. The number of para-hydroxylation sites is 1. The highest BCUT2D eigenvalue weighted by Crippen LogP contribution is 2.27. The van der Waals surface area contributed by atoms with Crippen molar-refractivity contribution in [2.24, 2.45) is 11.8 Å². The summed E-state index contributed by atoms with van der Waals surface area (Å²) in [4.78, 5) is 29.4. The van der Waals surface area contributed by atoms with E-state index in [4.69, 9.17) is 0 Å². The highest BCUT2D eigenvalue weighted by atomic mass is 16.2. The number of benzene rings is 1. The minimum atomic E-state index is -0.297. The third kappa shape index (κ3) is 2.05. The Hall–Kier alpha value is -2.14. The molecule has 5 nitrogen and oxygen atoms in total. The molecule has 3 heterocycles. The normalized spacial score (nSPS) is 24.5. The number of hydrogen-bond acceptors (Lipinski definition) is 3. The predicted octanol–water partition coefficient (Wildman–Crippen LogP) is 0.819. The van der Waals surface area contributed by atoms with Gasteiger partial charge in [0.05, 0.1) is 0 Å². The third-order valence-electron chi connectivity index (χ3n) is 4.66. The van der Waals surface area contributed by atoms with E-state index in [0.717, 1.165) is 37.1 Å². The van der Waals surface area contributed by atoms with Gasteiger partial charge in [0.2, 0.25) is 0 Å². The number of amides is 1. The number of aromatic nitrogens is 1. The zero-order valence-electron chi connectivity index (χ0n) is 11.6. The lowest BCUT2D eigenvalue weighted by atomic mass is 10.0. The summed E-state index contributed by atoms with van der Waals surface area (Å²) in [6.45, 7) is 3.45. The Labute approximate surface area is 122 Å². The molecule has 108 valence electrons. The van der Waals surface area contributed by atoms with Gasteiger partial charge in [0, 0.05) is 31.7 Å². The van der Waals surface area contributed by atoms with Gasteiger partial charge >= 0.3 is 0 Å². The van der Waals surface area contributed by atoms with E-state index in [-0.39, 0.29) is 17.0 Å². The molecule has 0 radical (unpaired) electrons. The Kier molecular flexibility index (Phi) is 2.82. The van der Waals surface area contributed by atoms with Crippen LogP contribution in [0.2, 0.25) is 0 Å². The van der Waals surface area contributed by atoms with Crippen LogP contribution in [0.4, 0.5) is 0 Å². The Morgan fingerprint density at radius 1 is 1.14 bits per heavy atom. The van der Waals surface area contributed by atoms with Crippen molar-refractivity contribution in [3.05, 3.63) is 46.2 Å². The van der Waals surface area contributed by atoms with E-state index >= 15 is 0 Å². The number of pyridine rings is 1. The summed E-state index contributed by atoms with van der Waals surface area (Å²) < 4.78 is 0. The van der Waals surface area contributed by atoms with Gasteiger partial charge in [-0.3, -0.25) is 9.59 Å². The number of nitrogens with one attached hydrogen (secondary N) is 2. The largest absolute Gasteiger partial charge is 0.338 e. The van der Waals surface area contributed by atoms with Gasteiger partial charge in [-0.2, -0.15) is 0 Å². The van der Waals surface area contributed by atoms with E-state index in [9.17, 15) is 9.59 Å². The first kappa shape index (κ1) is 12.6. The number of H-pyrrole nitrogens is 1. The number of carbonyl (C=O) groups is 1. The number of aromatic amines is 1. The van der Waals surface area contributed by atoms with Crippen LogP contribution in [-0.4, -0.2) is 42.0 Å². The van der Waals surface area contributed by atoms with Gasteiger partial charge in [-0.25, -0.2) is 0 Å². The first-order valence-corrected chi connectivity index (χ1v) is 7.34. The van der Waals surface area contributed by atoms with E-state index in [2.05, 4.69) is 10.3 Å². The monoisotopic (exact) mass is 283 g/mol. The van der Waals surface area contributed by atoms with Crippen LogP contribution in [0, 0.1) is 11.8 Å². The van der Waals surface area contributed by atoms with Crippen LogP contribution in [0.25, 0.3) is 10.9 Å². The molecule has 0 aliphatic carbocycles. The van der Waals surface area contributed by atoms with E-state index in [1.54, 1.807) is 6.07 Å². The van der Waals surface area contributed by atoms with Crippen LogP contribution in [0.5, 0.6) is 0 Å². The molecule has 0 unspecified atom stereocenters. The molecule has 1 aromatic heterocycles. The molecule has 2 aliphatic rings. The maximum Gasteiger partial charge on any atom is 0.261 e. The summed E-state index contributed by atoms with van der Waals surface area (Å²) in [7, 11) is 0. The average molecular weight is 283 g/mol. The Bertz CT molecular complexity index is 755. The second-order valence-corrected chi connectivity index (χ2v) is 5.99. The molecule has 0 saturated carbocycles. The summed E-state index contributed by atoms with van der Waals surface area (Å²) in [5.41, 5.74) is 0.719. The molecule has 2 aromatic rings. The molecule has 2 saturated heterocycles. The van der Waals surface area contributed by atoms with Crippen molar-refractivity contribution >= 4 is 16.8 Å². The number of hydrogen-bond donors (Lipinski definition) is 2. The summed E-state index contributed by atoms with van der Waals surface area (Å²) in [6.07, 6.45) is 0. The van der Waals surface area contributed by atoms with Crippen molar-refractivity contribution in [1.82, 2.24) is 15.2 Å². The Morgan fingerprint density at radius 2 is 1.86 bits per heavy atom. The highest BCUT2D eigenvalue weighted by Gasteiger charge is 2.38. The first-order chi connectivity index (χ1) is 10.2. The molecule has 5 heteroatoms. The Morgan fingerprint density at radius 3 is 2.62 bits per heavy atom. The average Bonchev–Trinajstić information content (AvgIpc) is 3.07. The van der Waals surface area contributed by atoms with Gasteiger partial charge < -0.3 is 15.2 Å². The molecule has 0 spiro atoms. The van der Waals surface area contributed by atoms with Crippen LogP contribution >= 0.6 is 0 Å². The quantitative estimate of drug-likeness (QED) is 0.814. The molecule has 2 atom stereocenters. The smallest absolute Gasteiger partial charge is 0.261 e. The van der Waals surface area contributed by atoms with Gasteiger partial charge in [-0.15, -0.1) is 0 Å². The van der Waals surface area contributed by atoms with E-state index < -0.39 is 0 Å². The topological polar surface area (TPSA) is 65.2 Å². The molecule has 2 N–H and O–H groups in total. The van der Waals surface area contributed by atoms with Crippen molar-refractivity contribution in [3.8, 4) is 0 Å². The first-order valence-electron chi connectivity index (χ1n) is 7.34. The van der Waals surface area contributed by atoms with Crippen molar-refractivity contribution in [2.75, 3.05) is 26.2 Å². The zero-order chi connectivity index (χ0) is 14.4. The second kappa shape index (κ2) is 4.70. The Balaban J connectivity index is 1.68. The van der Waals surface area contributed by atoms with Crippen LogP contribution in [-0.2, 0) is 0 Å². The van der Waals surface area contributed by atoms with Gasteiger partial charge in [-0.1, -0.05) is 18.2 Å². The van der Waals surface area contributed by atoms with Crippen molar-refractivity contribution in [2.45, 2.75) is 0 Å². The second-order valence-electron chi connectivity index (χ2n) is 5.99. The van der Waals surface area contributed by atoms with Crippen molar-refractivity contribution in [1.29, 1.82) is 0 Å². The molecule has 21 heavy (non-hydrogen) atoms. The molecule has 1 amide bonds. The van der Waals surface area contributed by atoms with Gasteiger partial charge in [0.25, 0.3) is 11.5 Å². The van der Waals surface area contributed by atoms with Gasteiger partial charge in [0.1, 0.15) is 5.56 Å². The third-order valence-corrected chi connectivity index (χ3v) is 4.66. The minimum Gasteiger partial charge on any atom is -0.338 e. The van der Waals surface area contributed by atoms with Crippen molar-refractivity contribution < 1.29 is 4.79 Å². The SMILES string of the molecule is O=C(c1cc2ccccc2[nH]c1=O)N1C[C@H]2CNC[C@H]2C1. The number of rotatable bonds is 1. The summed E-state index contributed by atoms with van der Waals surface area (Å²) in [6, 6.07) is 9.24. The molecule has 1 aromatic carbocycles. The number of carbonyl (C=O) groups excluding carboxylic acids is 1. The molecule has 4 rings (SSSR count). The van der Waals surface area contributed by atoms with Crippen LogP contribution in [0.15, 0.2) is 35.1 Å². The molecular formula is C16H17N3O2. The van der Waals surface area contributed by atoms with Crippen molar-refractivity contribution in [3.63, 3.8) is 0 Å². The molecule has 2 aliphatic heterocycles. The van der Waals surface area contributed by atoms with Crippen LogP contribution in [0.3, 0.4) is 0 Å². The maximum absolute atomic E-state index is 12.6. The van der Waals surface area contributed by atoms with Crippen LogP contribution < -0.4 is 10.9 Å². The summed E-state index contributed by atoms with van der Waals surface area (Å²) in [5, 5.41) is 4.24. The molecule has 2 fully saturated rings. The number of fused-ring (bicyclic) bond motifs is 2. The van der Waals surface area contributed by atoms with E-state index in [1.165, 1.54) is 0 Å². The number of nitrogens with zero attached hydrogens (tertiary/aromatic N) is 1. The summed E-state index contributed by atoms with van der Waals surface area (Å²) >= 11 is 0. The van der Waals surface area contributed by atoms with E-state index in [1.807, 2.05) is 29.2 Å².